The van der Waals surface area contributed by atoms with E-state index in [4.69, 9.17) is 60.6 Å². The average molecular weight is 1770 g/mol. The average Bonchev–Trinajstić information content (AvgIpc) is 1.73. The number of carbonyl (C=O) groups is 3. The van der Waals surface area contributed by atoms with Crippen LogP contribution in [0.5, 0.6) is 23.0 Å². The van der Waals surface area contributed by atoms with Crippen LogP contribution in [0.3, 0.4) is 0 Å². The van der Waals surface area contributed by atoms with Gasteiger partial charge in [-0.15, -0.1) is 20.4 Å². The number of nitrogens with zero attached hydrogens (tertiary/aromatic N) is 6. The summed E-state index contributed by atoms with van der Waals surface area (Å²) < 4.78 is 70.1. The maximum absolute atomic E-state index is 13.1. The molecule has 8 aromatic rings. The molecule has 0 fully saturated rings. The summed E-state index contributed by atoms with van der Waals surface area (Å²) in [4.78, 5) is 36.5. The Labute approximate surface area is 731 Å². The van der Waals surface area contributed by atoms with Crippen molar-refractivity contribution in [2.75, 3.05) is 28.3 Å². The predicted molar refractivity (Wildman–Crippen MR) is 489 cm³/mol. The van der Waals surface area contributed by atoms with Crippen LogP contribution in [0.4, 0.5) is 5.69 Å². The molecule has 4 aromatic heterocycles. The zero-order valence-corrected chi connectivity index (χ0v) is 79.5. The number of rotatable bonds is 42. The van der Waals surface area contributed by atoms with Crippen LogP contribution in [0.15, 0.2) is 60.7 Å². The summed E-state index contributed by atoms with van der Waals surface area (Å²) in [7, 11) is -6.03. The van der Waals surface area contributed by atoms with Gasteiger partial charge in [0, 0.05) is 58.2 Å². The second kappa shape index (κ2) is 47.2. The first kappa shape index (κ1) is 101. The van der Waals surface area contributed by atoms with Crippen LogP contribution in [-0.2, 0) is 75.0 Å². The van der Waals surface area contributed by atoms with Crippen molar-refractivity contribution < 1.29 is 50.5 Å². The number of phenolic OH excluding ortho intramolecular Hbond substituents is 1. The number of esters is 2. The molecule has 1 amide bonds. The van der Waals surface area contributed by atoms with Crippen molar-refractivity contribution >= 4 is 101 Å². The maximum Gasteiger partial charge on any atom is 0.312 e. The number of fused-ring (bicyclic) bond motifs is 3. The van der Waals surface area contributed by atoms with Crippen LogP contribution in [0.1, 0.15) is 353 Å². The van der Waals surface area contributed by atoms with Crippen LogP contribution in [0.25, 0.3) is 11.3 Å². The molecule has 0 radical (unpaired) electrons. The second-order valence-electron chi connectivity index (χ2n) is 35.5. The molecule has 0 saturated heterocycles. The Kier molecular flexibility index (Phi) is 40.1. The number of unbranched alkanes of at least 4 members (excludes halogenated alkanes) is 18. The van der Waals surface area contributed by atoms with E-state index in [2.05, 4.69) is 145 Å². The first-order chi connectivity index (χ1) is 56.1. The van der Waals surface area contributed by atoms with E-state index in [0.29, 0.717) is 99.2 Å². The highest BCUT2D eigenvalue weighted by molar-refractivity contribution is 7.91. The minimum atomic E-state index is -3.02. The van der Waals surface area contributed by atoms with Crippen LogP contribution in [0.2, 0.25) is 20.1 Å². The molecule has 4 N–H and O–H groups in total. The molecule has 2 unspecified atom stereocenters. The van der Waals surface area contributed by atoms with E-state index < -0.39 is 25.8 Å². The number of aryl methyl sites for hydroxylation is 4. The molecule has 5 heterocycles. The van der Waals surface area contributed by atoms with Gasteiger partial charge in [-0.25, -0.2) is 25.9 Å². The SMILES string of the molecule is CC(=O)Oc1ccc(C)cc1C1CC(=O)Oc2ccc(C)cc21.CCCCCCCCCCCCS(=O)(=O)CCCc1nnc2c(Cl)c(C(C)(C)C)[nH]n12.CCCCCCCCCCCCS(=O)(=O)CCCc1nnc2c(Cl)c(C(C)(C)C)[nH]n12.CCc1c(Cl)cc(NC(=O)C(CC)Oc2ccc(C(C)(C)CC)cc2C(C)(C)CC)c(O)c1Cl. The summed E-state index contributed by atoms with van der Waals surface area (Å²) in [6.45, 7) is 39.3. The van der Waals surface area contributed by atoms with Crippen LogP contribution in [-0.4, -0.2) is 109 Å². The zero-order chi connectivity index (χ0) is 88.2. The van der Waals surface area contributed by atoms with Gasteiger partial charge in [0.2, 0.25) is 0 Å². The Bertz CT molecular complexity index is 4670. The molecule has 662 valence electrons. The molecule has 9 rings (SSSR count). The molecule has 0 saturated carbocycles. The Morgan fingerprint density at radius 1 is 0.563 bits per heavy atom. The highest BCUT2D eigenvalue weighted by Gasteiger charge is 2.34. The lowest BCUT2D eigenvalue weighted by Gasteiger charge is -2.31. The summed E-state index contributed by atoms with van der Waals surface area (Å²) in [6.07, 6.45) is 28.8. The number of anilines is 1. The fraction of sp³-hybridized carbons (Fsp3) is 0.624. The molecule has 4 aromatic carbocycles. The normalized spacial score (nSPS) is 13.6. The molecule has 1 aliphatic rings. The number of benzene rings is 4. The number of aromatic hydroxyl groups is 1. The number of sulfone groups is 2. The van der Waals surface area contributed by atoms with E-state index in [-0.39, 0.29) is 79.8 Å². The van der Waals surface area contributed by atoms with Crippen LogP contribution < -0.4 is 19.5 Å². The number of amides is 1. The lowest BCUT2D eigenvalue weighted by Crippen LogP contribution is -2.33. The van der Waals surface area contributed by atoms with E-state index >= 15 is 0 Å². The molecular formula is C93H139Cl4N9O11S2. The molecule has 0 spiro atoms. The van der Waals surface area contributed by atoms with Crippen molar-refractivity contribution in [1.82, 2.24) is 39.6 Å². The Morgan fingerprint density at radius 2 is 1.00 bits per heavy atom. The topological polar surface area (TPSA) is 271 Å². The van der Waals surface area contributed by atoms with Crippen molar-refractivity contribution in [2.24, 2.45) is 0 Å². The monoisotopic (exact) mass is 1760 g/mol. The third-order valence-corrected chi connectivity index (χ3v) is 27.7. The fourth-order valence-electron chi connectivity index (χ4n) is 14.4. The number of carbonyl (C=O) groups excluding carboxylic acids is 3. The molecule has 119 heavy (non-hydrogen) atoms. The molecule has 26 heteroatoms. The Balaban J connectivity index is 0.000000248. The van der Waals surface area contributed by atoms with Gasteiger partial charge in [-0.2, -0.15) is 0 Å². The van der Waals surface area contributed by atoms with Gasteiger partial charge < -0.3 is 24.6 Å². The van der Waals surface area contributed by atoms with E-state index in [9.17, 15) is 36.3 Å². The Hall–Kier alpha value is -6.69. The summed E-state index contributed by atoms with van der Waals surface area (Å²) in [5.41, 5.74) is 9.76. The second-order valence-corrected chi connectivity index (χ2v) is 41.7. The van der Waals surface area contributed by atoms with Crippen molar-refractivity contribution in [3.8, 4) is 23.0 Å². The number of halogens is 4. The Morgan fingerprint density at radius 3 is 1.44 bits per heavy atom. The van der Waals surface area contributed by atoms with E-state index in [1.54, 1.807) is 15.1 Å². The number of hydrogen-bond acceptors (Lipinski definition) is 15. The van der Waals surface area contributed by atoms with Gasteiger partial charge in [-0.3, -0.25) is 24.6 Å². The number of phenols is 1. The van der Waals surface area contributed by atoms with Crippen LogP contribution in [0, 0.1) is 13.8 Å². The molecule has 2 atom stereocenters. The number of H-pyrrole nitrogens is 2. The van der Waals surface area contributed by atoms with Gasteiger partial charge in [0.25, 0.3) is 5.91 Å². The minimum Gasteiger partial charge on any atom is -0.504 e. The molecular weight excluding hydrogens is 1630 g/mol. The number of aromatic nitrogens is 8. The van der Waals surface area contributed by atoms with Gasteiger partial charge in [0.05, 0.1) is 51.5 Å². The van der Waals surface area contributed by atoms with Crippen molar-refractivity contribution in [1.29, 1.82) is 0 Å². The van der Waals surface area contributed by atoms with Crippen molar-refractivity contribution in [3.63, 3.8) is 0 Å². The first-order valence-corrected chi connectivity index (χ1v) is 48.8. The first-order valence-electron chi connectivity index (χ1n) is 43.6. The summed E-state index contributed by atoms with van der Waals surface area (Å²) >= 11 is 25.5. The van der Waals surface area contributed by atoms with E-state index in [1.807, 2.05) is 64.1 Å². The van der Waals surface area contributed by atoms with Gasteiger partial charge >= 0.3 is 11.9 Å². The summed E-state index contributed by atoms with van der Waals surface area (Å²) in [6, 6.07) is 19.2. The molecule has 1 aliphatic heterocycles. The number of aromatic amines is 2. The quantitative estimate of drug-likeness (QED) is 0.0120. The predicted octanol–water partition coefficient (Wildman–Crippen LogP) is 24.7. The lowest BCUT2D eigenvalue weighted by molar-refractivity contribution is -0.135. The molecule has 0 bridgehead atoms. The third kappa shape index (κ3) is 30.7. The molecule has 20 nitrogen and oxygen atoms in total. The smallest absolute Gasteiger partial charge is 0.312 e. The summed E-state index contributed by atoms with van der Waals surface area (Å²) in [5.74, 6) is 2.80. The zero-order valence-electron chi connectivity index (χ0n) is 74.8. The third-order valence-electron chi connectivity index (χ3n) is 22.6. The van der Waals surface area contributed by atoms with Crippen molar-refractivity contribution in [2.45, 2.75) is 351 Å². The van der Waals surface area contributed by atoms with Gasteiger partial charge in [0.1, 0.15) is 47.0 Å². The largest absolute Gasteiger partial charge is 0.504 e. The number of ether oxygens (including phenoxy) is 3. The fourth-order valence-corrected chi connectivity index (χ4v) is 18.9. The maximum atomic E-state index is 13.1. The van der Waals surface area contributed by atoms with Gasteiger partial charge in [-0.1, -0.05) is 320 Å². The highest BCUT2D eigenvalue weighted by atomic mass is 35.5. The minimum absolute atomic E-state index is 0.0410. The van der Waals surface area contributed by atoms with Crippen molar-refractivity contribution in [3.05, 3.63) is 143 Å². The van der Waals surface area contributed by atoms with Crippen LogP contribution >= 0.6 is 46.4 Å². The molecule has 0 aliphatic carbocycles. The van der Waals surface area contributed by atoms with Gasteiger partial charge in [0.15, 0.2) is 34.8 Å². The summed E-state index contributed by atoms with van der Waals surface area (Å²) in [5, 5.41) is 38.3. The highest BCUT2D eigenvalue weighted by Crippen LogP contribution is 2.45. The van der Waals surface area contributed by atoms with Gasteiger partial charge in [-0.05, 0) is 111 Å². The lowest BCUT2D eigenvalue weighted by atomic mass is 9.76. The van der Waals surface area contributed by atoms with E-state index in [1.165, 1.54) is 108 Å². The number of nitrogens with one attached hydrogen (secondary N) is 3. The van der Waals surface area contributed by atoms with E-state index in [0.717, 1.165) is 102 Å². The number of hydrogen-bond donors (Lipinski definition) is 4. The standard InChI is InChI=1S/C28H39Cl2NO3.2C23H41ClN4O2S.C19H18O4/c1-9-18-20(29)16-21(25(32)24(18)30)31-26(33)22(10-2)34-23-14-13-17(27(5,6)11-3)15-19(23)28(7,8)12-4;2*1-5-6-7-8-9-10-11-12-13-14-17-31(29,30)18-15-16-19-25-26-22-20(24)21(23(2,3)4)27-28(19)22;1-11-4-6-17(22-13(3)20)15(8-11)14-10-19(21)23-18-7-5-12(2)9-16(14)18/h13-16,22,32H,9-12H2,1-8H3,(H,31,33);2*27H,5-18H2,1-4H3;4-9,14H,10H2,1-3H3.